The molecular weight excluding hydrogens is 320 g/mol. The fourth-order valence-electron chi connectivity index (χ4n) is 2.53. The second-order valence-corrected chi connectivity index (χ2v) is 6.25. The van der Waals surface area contributed by atoms with Gasteiger partial charge in [-0.15, -0.1) is 0 Å². The monoisotopic (exact) mass is 340 g/mol. The number of amides is 1. The molecule has 0 bridgehead atoms. The molecule has 1 N–H and O–H groups in total. The number of piperazine rings is 1. The fourth-order valence-corrected chi connectivity index (χ4v) is 2.74. The van der Waals surface area contributed by atoms with E-state index in [1.165, 1.54) is 6.20 Å². The van der Waals surface area contributed by atoms with Crippen molar-refractivity contribution in [1.82, 2.24) is 20.3 Å². The number of hydrogen-bond acceptors (Lipinski definition) is 6. The molecule has 3 rings (SSSR count). The highest BCUT2D eigenvalue weighted by Gasteiger charge is 2.21. The van der Waals surface area contributed by atoms with E-state index in [0.29, 0.717) is 29.7 Å². The minimum absolute atomic E-state index is 0.0231. The summed E-state index contributed by atoms with van der Waals surface area (Å²) in [6, 6.07) is 1.59. The molecule has 2 fully saturated rings. The first-order valence-electron chi connectivity index (χ1n) is 7.76. The Kier molecular flexibility index (Phi) is 5.32. The molecule has 0 saturated carbocycles. The Morgan fingerprint density at radius 2 is 2.22 bits per heavy atom. The molecule has 0 spiro atoms. The molecule has 1 unspecified atom stereocenters. The van der Waals surface area contributed by atoms with Gasteiger partial charge in [-0.1, -0.05) is 11.6 Å². The quantitative estimate of drug-likeness (QED) is 0.874. The number of nitrogens with one attached hydrogen (secondary N) is 1. The number of ether oxygens (including phenoxy) is 2. The molecule has 7 nitrogen and oxygen atoms in total. The molecular formula is C15H21ClN4O3. The summed E-state index contributed by atoms with van der Waals surface area (Å²) in [6.07, 6.45) is 2.29. The third kappa shape index (κ3) is 4.32. The summed E-state index contributed by atoms with van der Waals surface area (Å²) >= 11 is 6.19. The van der Waals surface area contributed by atoms with Crippen LogP contribution in [0.25, 0.3) is 0 Å². The van der Waals surface area contributed by atoms with Gasteiger partial charge in [0, 0.05) is 38.8 Å². The lowest BCUT2D eigenvalue weighted by molar-refractivity contribution is 0.0662. The molecule has 1 amide bonds. The smallest absolute Gasteiger partial charge is 0.267 e. The van der Waals surface area contributed by atoms with E-state index >= 15 is 0 Å². The maximum absolute atomic E-state index is 12.3. The molecule has 126 valence electrons. The van der Waals surface area contributed by atoms with Crippen LogP contribution in [-0.4, -0.2) is 73.3 Å². The van der Waals surface area contributed by atoms with Crippen molar-refractivity contribution in [3.63, 3.8) is 0 Å². The standard InChI is InChI=1S/C15H21ClN4O3/c1-19-3-5-20(6-4-19)18-14(21)11-8-13(16)15(17-9-11)23-12-2-7-22-10-12/h8-9,12H,2-7,10H2,1H3,(H,18,21). The largest absolute Gasteiger partial charge is 0.471 e. The highest BCUT2D eigenvalue weighted by Crippen LogP contribution is 2.25. The number of carbonyl (C=O) groups is 1. The molecule has 0 aliphatic carbocycles. The maximum Gasteiger partial charge on any atom is 0.267 e. The van der Waals surface area contributed by atoms with E-state index in [4.69, 9.17) is 21.1 Å². The third-order valence-corrected chi connectivity index (χ3v) is 4.27. The van der Waals surface area contributed by atoms with Gasteiger partial charge in [0.15, 0.2) is 0 Å². The zero-order valence-corrected chi connectivity index (χ0v) is 13.9. The number of pyridine rings is 1. The number of likely N-dealkylation sites (N-methyl/N-ethyl adjacent to an activating group) is 1. The second kappa shape index (κ2) is 7.44. The number of hydrogen-bond donors (Lipinski definition) is 1. The molecule has 8 heteroatoms. The first kappa shape index (κ1) is 16.4. The van der Waals surface area contributed by atoms with Crippen molar-refractivity contribution in [1.29, 1.82) is 0 Å². The molecule has 3 heterocycles. The van der Waals surface area contributed by atoms with Crippen molar-refractivity contribution < 1.29 is 14.3 Å². The van der Waals surface area contributed by atoms with Crippen LogP contribution in [0, 0.1) is 0 Å². The van der Waals surface area contributed by atoms with E-state index < -0.39 is 0 Å². The molecule has 2 aliphatic rings. The Morgan fingerprint density at radius 3 is 2.87 bits per heavy atom. The van der Waals surface area contributed by atoms with Gasteiger partial charge in [0.2, 0.25) is 5.88 Å². The van der Waals surface area contributed by atoms with Gasteiger partial charge in [-0.05, 0) is 13.1 Å². The Hall–Kier alpha value is -1.41. The predicted molar refractivity (Wildman–Crippen MR) is 85.6 cm³/mol. The van der Waals surface area contributed by atoms with E-state index in [2.05, 4.69) is 22.4 Å². The van der Waals surface area contributed by atoms with E-state index in [1.54, 1.807) is 6.07 Å². The SMILES string of the molecule is CN1CCN(NC(=O)c2cnc(OC3CCOC3)c(Cl)c2)CC1. The van der Waals surface area contributed by atoms with Gasteiger partial charge in [-0.25, -0.2) is 9.99 Å². The summed E-state index contributed by atoms with van der Waals surface area (Å²) in [5.74, 6) is 0.137. The van der Waals surface area contributed by atoms with Gasteiger partial charge < -0.3 is 14.4 Å². The zero-order valence-electron chi connectivity index (χ0n) is 13.1. The van der Waals surface area contributed by atoms with Gasteiger partial charge in [0.1, 0.15) is 11.1 Å². The number of aromatic nitrogens is 1. The lowest BCUT2D eigenvalue weighted by Crippen LogP contribution is -2.52. The highest BCUT2D eigenvalue weighted by molar-refractivity contribution is 6.32. The summed E-state index contributed by atoms with van der Waals surface area (Å²) in [5, 5.41) is 2.25. The lowest BCUT2D eigenvalue weighted by Gasteiger charge is -2.32. The highest BCUT2D eigenvalue weighted by atomic mass is 35.5. The summed E-state index contributed by atoms with van der Waals surface area (Å²) in [7, 11) is 2.07. The summed E-state index contributed by atoms with van der Waals surface area (Å²) in [6.45, 7) is 4.68. The lowest BCUT2D eigenvalue weighted by atomic mass is 10.2. The van der Waals surface area contributed by atoms with Gasteiger partial charge in [0.05, 0.1) is 18.8 Å². The van der Waals surface area contributed by atoms with Crippen LogP contribution < -0.4 is 10.2 Å². The predicted octanol–water partition coefficient (Wildman–Crippen LogP) is 0.795. The van der Waals surface area contributed by atoms with Crippen LogP contribution in [0.5, 0.6) is 5.88 Å². The molecule has 2 aliphatic heterocycles. The van der Waals surface area contributed by atoms with Crippen molar-refractivity contribution in [3.8, 4) is 5.88 Å². The summed E-state index contributed by atoms with van der Waals surface area (Å²) in [4.78, 5) is 18.7. The van der Waals surface area contributed by atoms with E-state index in [9.17, 15) is 4.79 Å². The molecule has 1 aromatic heterocycles. The molecule has 0 aromatic carbocycles. The van der Waals surface area contributed by atoms with Crippen LogP contribution >= 0.6 is 11.6 Å². The van der Waals surface area contributed by atoms with Gasteiger partial charge in [-0.3, -0.25) is 10.2 Å². The number of halogens is 1. The van der Waals surface area contributed by atoms with Crippen LogP contribution in [0.4, 0.5) is 0 Å². The van der Waals surface area contributed by atoms with Crippen molar-refractivity contribution in [2.24, 2.45) is 0 Å². The number of hydrazine groups is 1. The first-order valence-corrected chi connectivity index (χ1v) is 8.14. The summed E-state index contributed by atoms with van der Waals surface area (Å²) in [5.41, 5.74) is 3.30. The van der Waals surface area contributed by atoms with E-state index in [0.717, 1.165) is 32.6 Å². The Morgan fingerprint density at radius 1 is 1.43 bits per heavy atom. The van der Waals surface area contributed by atoms with Gasteiger partial charge in [0.25, 0.3) is 5.91 Å². The van der Waals surface area contributed by atoms with E-state index in [-0.39, 0.29) is 12.0 Å². The number of rotatable bonds is 4. The normalized spacial score (nSPS) is 23.0. The van der Waals surface area contributed by atoms with Crippen LogP contribution in [0.15, 0.2) is 12.3 Å². The Labute approximate surface area is 140 Å². The van der Waals surface area contributed by atoms with Crippen molar-refractivity contribution in [2.45, 2.75) is 12.5 Å². The molecule has 0 radical (unpaired) electrons. The topological polar surface area (TPSA) is 66.9 Å². The van der Waals surface area contributed by atoms with Crippen LogP contribution in [0.1, 0.15) is 16.8 Å². The van der Waals surface area contributed by atoms with Crippen molar-refractivity contribution >= 4 is 17.5 Å². The minimum Gasteiger partial charge on any atom is -0.471 e. The average molecular weight is 341 g/mol. The maximum atomic E-state index is 12.3. The van der Waals surface area contributed by atoms with Gasteiger partial charge >= 0.3 is 0 Å². The molecule has 1 atom stereocenters. The molecule has 2 saturated heterocycles. The van der Waals surface area contributed by atoms with Crippen LogP contribution in [0.3, 0.4) is 0 Å². The number of carbonyl (C=O) groups excluding carboxylic acids is 1. The average Bonchev–Trinajstić information content (AvgIpc) is 3.04. The van der Waals surface area contributed by atoms with Gasteiger partial charge in [-0.2, -0.15) is 0 Å². The Bertz CT molecular complexity index is 558. The van der Waals surface area contributed by atoms with Crippen molar-refractivity contribution in [2.75, 3.05) is 46.4 Å². The summed E-state index contributed by atoms with van der Waals surface area (Å²) < 4.78 is 10.9. The molecule has 1 aromatic rings. The van der Waals surface area contributed by atoms with E-state index in [1.807, 2.05) is 5.01 Å². The number of nitrogens with zero attached hydrogens (tertiary/aromatic N) is 3. The Balaban J connectivity index is 1.59. The molecule has 23 heavy (non-hydrogen) atoms. The first-order chi connectivity index (χ1) is 11.1. The second-order valence-electron chi connectivity index (χ2n) is 5.85. The van der Waals surface area contributed by atoms with Crippen LogP contribution in [-0.2, 0) is 4.74 Å². The van der Waals surface area contributed by atoms with Crippen molar-refractivity contribution in [3.05, 3.63) is 22.8 Å². The zero-order chi connectivity index (χ0) is 16.2. The fraction of sp³-hybridized carbons (Fsp3) is 0.600. The van der Waals surface area contributed by atoms with Crippen LogP contribution in [0.2, 0.25) is 5.02 Å². The third-order valence-electron chi connectivity index (χ3n) is 4.00. The minimum atomic E-state index is -0.209.